The molecule has 0 fully saturated rings. The maximum atomic E-state index is 10.8. The second-order valence-electron chi connectivity index (χ2n) is 2.08. The summed E-state index contributed by atoms with van der Waals surface area (Å²) in [6.07, 6.45) is 4.65. The van der Waals surface area contributed by atoms with Gasteiger partial charge in [0.25, 0.3) is 0 Å². The van der Waals surface area contributed by atoms with Crippen LogP contribution in [-0.2, 0) is 4.74 Å². The number of carbonyl (C=O) groups excluding carboxylic acids is 1. The second kappa shape index (κ2) is 6.48. The van der Waals surface area contributed by atoms with Gasteiger partial charge in [0.2, 0.25) is 0 Å². The summed E-state index contributed by atoms with van der Waals surface area (Å²) in [5.74, 6) is 0. The number of methoxy groups -OCH3 is 1. The summed E-state index contributed by atoms with van der Waals surface area (Å²) < 4.78 is 5.18. The van der Waals surface area contributed by atoms with Gasteiger partial charge in [0.05, 0.1) is 12.8 Å². The summed E-state index contributed by atoms with van der Waals surface area (Å²) in [4.78, 5) is 10.8. The number of hydrogen-bond acceptors (Lipinski definition) is 2. The average molecular weight is 246 g/mol. The molecule has 0 bridgehead atoms. The Labute approximate surface area is 86.3 Å². The van der Waals surface area contributed by atoms with Crippen LogP contribution in [0.3, 0.4) is 0 Å². The Bertz CT molecular complexity index is 256. The molecule has 4 heteroatoms. The van der Waals surface area contributed by atoms with Gasteiger partial charge in [0, 0.05) is 4.48 Å². The minimum atomic E-state index is -0.517. The third kappa shape index (κ3) is 4.52. The summed E-state index contributed by atoms with van der Waals surface area (Å²) in [7, 11) is 1.31. The molecule has 0 radical (unpaired) electrons. The first-order valence-corrected chi connectivity index (χ1v) is 4.44. The third-order valence-electron chi connectivity index (χ3n) is 1.20. The number of rotatable bonds is 3. The highest BCUT2D eigenvalue weighted by atomic mass is 79.9. The molecular formula is C9H12BrNO2. The Balaban J connectivity index is 4.58. The predicted octanol–water partition coefficient (Wildman–Crippen LogP) is 2.71. The molecule has 0 unspecified atom stereocenters. The molecule has 0 aliphatic heterocycles. The quantitative estimate of drug-likeness (QED) is 0.777. The minimum absolute atomic E-state index is 0.517. The zero-order valence-electron chi connectivity index (χ0n) is 7.63. The van der Waals surface area contributed by atoms with Gasteiger partial charge in [-0.2, -0.15) is 0 Å². The summed E-state index contributed by atoms with van der Waals surface area (Å²) in [5, 5.41) is 2.50. The Kier molecular flexibility index (Phi) is 5.97. The standard InChI is InChI=1S/C9H12BrNO2/c1-4-6-7(10)8(5-2)11-9(12)13-3/h4-6H,2H2,1,3H3,(H,11,12)/b6-4-,8-7-. The fourth-order valence-corrected chi connectivity index (χ4v) is 1.13. The van der Waals surface area contributed by atoms with Gasteiger partial charge in [-0.25, -0.2) is 4.79 Å². The van der Waals surface area contributed by atoms with Gasteiger partial charge >= 0.3 is 6.09 Å². The van der Waals surface area contributed by atoms with Crippen LogP contribution < -0.4 is 5.32 Å². The van der Waals surface area contributed by atoms with Crippen LogP contribution in [0.4, 0.5) is 4.79 Å². The van der Waals surface area contributed by atoms with Crippen LogP contribution in [0.1, 0.15) is 6.92 Å². The molecule has 1 amide bonds. The van der Waals surface area contributed by atoms with Crippen LogP contribution >= 0.6 is 15.9 Å². The Morgan fingerprint density at radius 3 is 2.62 bits per heavy atom. The van der Waals surface area contributed by atoms with E-state index in [1.807, 2.05) is 13.0 Å². The number of ether oxygens (including phenoxy) is 1. The Morgan fingerprint density at radius 2 is 2.23 bits per heavy atom. The second-order valence-corrected chi connectivity index (χ2v) is 2.94. The normalized spacial score (nSPS) is 12.2. The largest absolute Gasteiger partial charge is 0.453 e. The first-order valence-electron chi connectivity index (χ1n) is 3.65. The molecule has 0 atom stereocenters. The van der Waals surface area contributed by atoms with Gasteiger partial charge in [-0.1, -0.05) is 18.7 Å². The molecule has 0 rings (SSSR count). The van der Waals surface area contributed by atoms with Gasteiger partial charge in [-0.3, -0.25) is 5.32 Å². The van der Waals surface area contributed by atoms with Crippen molar-refractivity contribution >= 4 is 22.0 Å². The van der Waals surface area contributed by atoms with E-state index in [-0.39, 0.29) is 0 Å². The molecule has 0 saturated carbocycles. The molecule has 0 spiro atoms. The van der Waals surface area contributed by atoms with Crippen LogP contribution in [0.5, 0.6) is 0 Å². The highest BCUT2D eigenvalue weighted by Crippen LogP contribution is 2.12. The van der Waals surface area contributed by atoms with Crippen LogP contribution in [0, 0.1) is 0 Å². The number of carbonyl (C=O) groups is 1. The fourth-order valence-electron chi connectivity index (χ4n) is 0.605. The van der Waals surface area contributed by atoms with Gasteiger partial charge < -0.3 is 4.74 Å². The molecule has 1 N–H and O–H groups in total. The van der Waals surface area contributed by atoms with Crippen LogP contribution in [0.15, 0.2) is 35.0 Å². The molecule has 0 aliphatic carbocycles. The first kappa shape index (κ1) is 12.0. The molecule has 0 aromatic carbocycles. The van der Waals surface area contributed by atoms with E-state index in [0.717, 1.165) is 4.48 Å². The van der Waals surface area contributed by atoms with Crippen LogP contribution in [0.2, 0.25) is 0 Å². The number of allylic oxidation sites excluding steroid dienone is 4. The maximum Gasteiger partial charge on any atom is 0.411 e. The van der Waals surface area contributed by atoms with E-state index in [1.54, 1.807) is 6.08 Å². The number of halogens is 1. The number of hydrogen-bond donors (Lipinski definition) is 1. The predicted molar refractivity (Wildman–Crippen MR) is 56.5 cm³/mol. The first-order chi connectivity index (χ1) is 6.15. The van der Waals surface area contributed by atoms with E-state index in [2.05, 4.69) is 32.6 Å². The summed E-state index contributed by atoms with van der Waals surface area (Å²) in [6, 6.07) is 0. The summed E-state index contributed by atoms with van der Waals surface area (Å²) in [5.41, 5.74) is 0.574. The van der Waals surface area contributed by atoms with E-state index >= 15 is 0 Å². The fraction of sp³-hybridized carbons (Fsp3) is 0.222. The van der Waals surface area contributed by atoms with Gasteiger partial charge in [0.15, 0.2) is 0 Å². The van der Waals surface area contributed by atoms with E-state index in [9.17, 15) is 4.79 Å². The third-order valence-corrected chi connectivity index (χ3v) is 1.89. The average Bonchev–Trinajstić information content (AvgIpc) is 2.14. The molecular weight excluding hydrogens is 234 g/mol. The molecule has 0 heterocycles. The lowest BCUT2D eigenvalue weighted by molar-refractivity contribution is 0.174. The zero-order chi connectivity index (χ0) is 10.3. The maximum absolute atomic E-state index is 10.8. The number of amides is 1. The number of alkyl carbamates (subject to hydrolysis) is 1. The topological polar surface area (TPSA) is 38.3 Å². The van der Waals surface area contributed by atoms with Crippen molar-refractivity contribution in [1.29, 1.82) is 0 Å². The molecule has 72 valence electrons. The Hall–Kier alpha value is -1.03. The van der Waals surface area contributed by atoms with E-state index in [1.165, 1.54) is 13.2 Å². The molecule has 0 saturated heterocycles. The number of nitrogens with one attached hydrogen (secondary N) is 1. The van der Waals surface area contributed by atoms with Crippen molar-refractivity contribution in [3.63, 3.8) is 0 Å². The van der Waals surface area contributed by atoms with Gasteiger partial charge in [-0.05, 0) is 28.9 Å². The zero-order valence-corrected chi connectivity index (χ0v) is 9.22. The van der Waals surface area contributed by atoms with Crippen molar-refractivity contribution in [3.05, 3.63) is 35.0 Å². The van der Waals surface area contributed by atoms with E-state index in [4.69, 9.17) is 0 Å². The van der Waals surface area contributed by atoms with E-state index < -0.39 is 6.09 Å². The lowest BCUT2D eigenvalue weighted by Crippen LogP contribution is -2.21. The SMILES string of the molecule is C=C/C(NC(=O)OC)=C(Br)\C=C/C. The molecule has 0 aliphatic rings. The lowest BCUT2D eigenvalue weighted by atomic mass is 10.3. The molecule has 0 aromatic rings. The highest BCUT2D eigenvalue weighted by molar-refractivity contribution is 9.11. The minimum Gasteiger partial charge on any atom is -0.453 e. The van der Waals surface area contributed by atoms with Crippen LogP contribution in [0.25, 0.3) is 0 Å². The monoisotopic (exact) mass is 245 g/mol. The van der Waals surface area contributed by atoms with Gasteiger partial charge in [0.1, 0.15) is 0 Å². The summed E-state index contributed by atoms with van der Waals surface area (Å²) in [6.45, 7) is 5.43. The van der Waals surface area contributed by atoms with Crippen molar-refractivity contribution in [2.45, 2.75) is 6.92 Å². The lowest BCUT2D eigenvalue weighted by Gasteiger charge is -2.04. The highest BCUT2D eigenvalue weighted by Gasteiger charge is 2.02. The van der Waals surface area contributed by atoms with Crippen molar-refractivity contribution in [1.82, 2.24) is 5.32 Å². The molecule has 0 aromatic heterocycles. The van der Waals surface area contributed by atoms with Crippen molar-refractivity contribution in [2.75, 3.05) is 7.11 Å². The van der Waals surface area contributed by atoms with Crippen molar-refractivity contribution < 1.29 is 9.53 Å². The van der Waals surface area contributed by atoms with Gasteiger partial charge in [-0.15, -0.1) is 0 Å². The smallest absolute Gasteiger partial charge is 0.411 e. The van der Waals surface area contributed by atoms with E-state index in [0.29, 0.717) is 5.70 Å². The molecule has 3 nitrogen and oxygen atoms in total. The van der Waals surface area contributed by atoms with Crippen molar-refractivity contribution in [2.24, 2.45) is 0 Å². The van der Waals surface area contributed by atoms with Crippen molar-refractivity contribution in [3.8, 4) is 0 Å². The van der Waals surface area contributed by atoms with Crippen LogP contribution in [-0.4, -0.2) is 13.2 Å². The summed E-state index contributed by atoms with van der Waals surface area (Å²) >= 11 is 3.27. The molecule has 13 heavy (non-hydrogen) atoms. The Morgan fingerprint density at radius 1 is 1.62 bits per heavy atom.